The van der Waals surface area contributed by atoms with Gasteiger partial charge in [-0.25, -0.2) is 0 Å². The number of ether oxygens (including phenoxy) is 4. The lowest BCUT2D eigenvalue weighted by Gasteiger charge is -2.43. The molecule has 1 saturated heterocycles. The Balaban J connectivity index is 1.40. The van der Waals surface area contributed by atoms with E-state index in [4.69, 9.17) is 18.9 Å². The number of carbonyl (C=O) groups is 1. The second-order valence-corrected chi connectivity index (χ2v) is 10.6. The molecule has 1 aromatic rings. The summed E-state index contributed by atoms with van der Waals surface area (Å²) in [4.78, 5) is 17.7. The maximum absolute atomic E-state index is 13.5. The fraction of sp³-hybridized carbons (Fsp3) is 0.667. The maximum Gasteiger partial charge on any atom is 0.288 e. The van der Waals surface area contributed by atoms with Gasteiger partial charge in [-0.3, -0.25) is 9.69 Å². The first kappa shape index (κ1) is 25.8. The number of nitrogens with zero attached hydrogens (tertiary/aromatic N) is 2. The first-order chi connectivity index (χ1) is 16.8. The summed E-state index contributed by atoms with van der Waals surface area (Å²) >= 11 is 0. The van der Waals surface area contributed by atoms with Crippen molar-refractivity contribution in [1.29, 1.82) is 0 Å². The number of amides is 1. The Morgan fingerprint density at radius 1 is 1.14 bits per heavy atom. The van der Waals surface area contributed by atoms with Crippen molar-refractivity contribution < 1.29 is 28.8 Å². The zero-order valence-corrected chi connectivity index (χ0v) is 21.5. The van der Waals surface area contributed by atoms with Crippen molar-refractivity contribution in [2.24, 2.45) is 17.3 Å². The van der Waals surface area contributed by atoms with Crippen LogP contribution < -0.4 is 9.47 Å². The van der Waals surface area contributed by atoms with Crippen LogP contribution in [0, 0.1) is 17.3 Å². The molecule has 0 aliphatic carbocycles. The third-order valence-corrected chi connectivity index (χ3v) is 7.12. The van der Waals surface area contributed by atoms with Crippen molar-refractivity contribution in [3.05, 3.63) is 35.6 Å². The molecule has 1 N–H and O–H groups in total. The van der Waals surface area contributed by atoms with E-state index < -0.39 is 6.29 Å². The molecule has 0 bridgehead atoms. The highest BCUT2D eigenvalue weighted by molar-refractivity contribution is 5.91. The standard InChI is InChI=1S/C27H40N2O6/c1-5-32-26-20(7-6-14-30)21(27(2,3)4)16-24(35-26)25(31)29-12-10-28(11-13-29)17-19-8-9-22-23(15-19)34-18-33-22/h8-9,15-16,20-21,26,30H,5-7,10-14,17-18H2,1-4H3/t20-,21-,26+/m1/s1. The normalized spacial score (nSPS) is 24.8. The maximum atomic E-state index is 13.5. The van der Waals surface area contributed by atoms with Crippen molar-refractivity contribution in [2.75, 3.05) is 46.2 Å². The predicted octanol–water partition coefficient (Wildman–Crippen LogP) is 3.39. The van der Waals surface area contributed by atoms with Gasteiger partial charge in [-0.15, -0.1) is 0 Å². The molecule has 3 atom stereocenters. The number of piperazine rings is 1. The summed E-state index contributed by atoms with van der Waals surface area (Å²) in [7, 11) is 0. The second-order valence-electron chi connectivity index (χ2n) is 10.6. The highest BCUT2D eigenvalue weighted by atomic mass is 16.7. The Labute approximate surface area is 208 Å². The van der Waals surface area contributed by atoms with E-state index >= 15 is 0 Å². The molecule has 3 aliphatic rings. The molecular weight excluding hydrogens is 448 g/mol. The van der Waals surface area contributed by atoms with E-state index in [9.17, 15) is 9.90 Å². The van der Waals surface area contributed by atoms with Gasteiger partial charge in [0, 0.05) is 51.9 Å². The number of hydrogen-bond donors (Lipinski definition) is 1. The quantitative estimate of drug-likeness (QED) is 0.601. The van der Waals surface area contributed by atoms with Gasteiger partial charge in [-0.1, -0.05) is 26.8 Å². The van der Waals surface area contributed by atoms with E-state index in [1.54, 1.807) is 0 Å². The minimum atomic E-state index is -0.480. The number of rotatable bonds is 8. The van der Waals surface area contributed by atoms with Gasteiger partial charge in [0.15, 0.2) is 17.3 Å². The molecule has 0 spiro atoms. The van der Waals surface area contributed by atoms with Gasteiger partial charge < -0.3 is 29.0 Å². The van der Waals surface area contributed by atoms with Crippen molar-refractivity contribution in [3.8, 4) is 11.5 Å². The number of aliphatic hydroxyl groups excluding tert-OH is 1. The molecule has 1 aromatic carbocycles. The molecule has 0 unspecified atom stereocenters. The summed E-state index contributed by atoms with van der Waals surface area (Å²) < 4.78 is 23.0. The average Bonchev–Trinajstić information content (AvgIpc) is 3.30. The lowest BCUT2D eigenvalue weighted by Crippen LogP contribution is -2.50. The summed E-state index contributed by atoms with van der Waals surface area (Å²) in [6, 6.07) is 6.06. The Hall–Kier alpha value is -2.29. The van der Waals surface area contributed by atoms with Gasteiger partial charge in [0.2, 0.25) is 13.1 Å². The first-order valence-corrected chi connectivity index (χ1v) is 12.8. The predicted molar refractivity (Wildman–Crippen MR) is 132 cm³/mol. The number of hydrogen-bond acceptors (Lipinski definition) is 7. The number of fused-ring (bicyclic) bond motifs is 1. The zero-order valence-electron chi connectivity index (χ0n) is 21.5. The van der Waals surface area contributed by atoms with Crippen LogP contribution in [0.25, 0.3) is 0 Å². The lowest BCUT2D eigenvalue weighted by molar-refractivity contribution is -0.182. The Kier molecular flexibility index (Phi) is 8.24. The molecule has 0 radical (unpaired) electrons. The Morgan fingerprint density at radius 2 is 1.89 bits per heavy atom. The van der Waals surface area contributed by atoms with E-state index in [0.717, 1.165) is 37.6 Å². The molecule has 0 aromatic heterocycles. The van der Waals surface area contributed by atoms with Crippen LogP contribution in [0.5, 0.6) is 11.5 Å². The molecule has 4 rings (SSSR count). The highest BCUT2D eigenvalue weighted by Gasteiger charge is 2.43. The monoisotopic (exact) mass is 488 g/mol. The van der Waals surface area contributed by atoms with E-state index in [2.05, 4.69) is 31.7 Å². The zero-order chi connectivity index (χ0) is 25.0. The summed E-state index contributed by atoms with van der Waals surface area (Å²) in [5, 5.41) is 9.39. The highest BCUT2D eigenvalue weighted by Crippen LogP contribution is 2.43. The topological polar surface area (TPSA) is 80.7 Å². The third kappa shape index (κ3) is 6.11. The van der Waals surface area contributed by atoms with Crippen molar-refractivity contribution >= 4 is 5.91 Å². The smallest absolute Gasteiger partial charge is 0.288 e. The van der Waals surface area contributed by atoms with Crippen LogP contribution in [0.2, 0.25) is 0 Å². The van der Waals surface area contributed by atoms with Crippen LogP contribution in [0.4, 0.5) is 0 Å². The van der Waals surface area contributed by atoms with Crippen molar-refractivity contribution in [2.45, 2.75) is 53.4 Å². The molecule has 8 nitrogen and oxygen atoms in total. The summed E-state index contributed by atoms with van der Waals surface area (Å²) in [6.45, 7) is 13.1. The summed E-state index contributed by atoms with van der Waals surface area (Å²) in [5.41, 5.74) is 1.11. The van der Waals surface area contributed by atoms with Crippen LogP contribution in [-0.2, 0) is 20.8 Å². The number of allylic oxidation sites excluding steroid dienone is 1. The van der Waals surface area contributed by atoms with Crippen LogP contribution >= 0.6 is 0 Å². The van der Waals surface area contributed by atoms with Gasteiger partial charge in [-0.05, 0) is 54.9 Å². The molecular formula is C27H40N2O6. The fourth-order valence-corrected chi connectivity index (χ4v) is 5.25. The van der Waals surface area contributed by atoms with Crippen LogP contribution in [0.3, 0.4) is 0 Å². The SMILES string of the molecule is CCO[C@H]1OC(C(=O)N2CCN(Cc3ccc4c(c3)OCO4)CC2)=C[C@@H](C(C)(C)C)[C@H]1CCCO. The molecule has 0 saturated carbocycles. The summed E-state index contributed by atoms with van der Waals surface area (Å²) in [6.07, 6.45) is 3.01. The van der Waals surface area contributed by atoms with E-state index in [-0.39, 0.29) is 36.6 Å². The molecule has 194 valence electrons. The largest absolute Gasteiger partial charge is 0.459 e. The number of benzene rings is 1. The van der Waals surface area contributed by atoms with Crippen molar-refractivity contribution in [3.63, 3.8) is 0 Å². The molecule has 3 heterocycles. The first-order valence-electron chi connectivity index (χ1n) is 12.8. The van der Waals surface area contributed by atoms with Gasteiger partial charge in [0.05, 0.1) is 0 Å². The number of aliphatic hydroxyl groups is 1. The Bertz CT molecular complexity index is 903. The third-order valence-electron chi connectivity index (χ3n) is 7.12. The van der Waals surface area contributed by atoms with E-state index in [1.807, 2.05) is 30.0 Å². The molecule has 8 heteroatoms. The fourth-order valence-electron chi connectivity index (χ4n) is 5.25. The molecule has 1 fully saturated rings. The number of carbonyl (C=O) groups excluding carboxylic acids is 1. The molecule has 1 amide bonds. The summed E-state index contributed by atoms with van der Waals surface area (Å²) in [5.74, 6) is 2.14. The minimum absolute atomic E-state index is 0.0614. The van der Waals surface area contributed by atoms with E-state index in [1.165, 1.54) is 5.56 Å². The van der Waals surface area contributed by atoms with Gasteiger partial charge in [0.25, 0.3) is 5.91 Å². The van der Waals surface area contributed by atoms with E-state index in [0.29, 0.717) is 31.9 Å². The minimum Gasteiger partial charge on any atom is -0.459 e. The Morgan fingerprint density at radius 3 is 2.57 bits per heavy atom. The average molecular weight is 489 g/mol. The van der Waals surface area contributed by atoms with Crippen LogP contribution in [-0.4, -0.2) is 73.3 Å². The van der Waals surface area contributed by atoms with Gasteiger partial charge >= 0.3 is 0 Å². The molecule has 3 aliphatic heterocycles. The molecule has 35 heavy (non-hydrogen) atoms. The van der Waals surface area contributed by atoms with Crippen molar-refractivity contribution in [1.82, 2.24) is 9.80 Å². The van der Waals surface area contributed by atoms with Gasteiger partial charge in [-0.2, -0.15) is 0 Å². The van der Waals surface area contributed by atoms with Crippen LogP contribution in [0.1, 0.15) is 46.1 Å². The second kappa shape index (κ2) is 11.2. The van der Waals surface area contributed by atoms with Gasteiger partial charge in [0.1, 0.15) is 0 Å². The lowest BCUT2D eigenvalue weighted by atomic mass is 9.70. The van der Waals surface area contributed by atoms with Crippen LogP contribution in [0.15, 0.2) is 30.0 Å².